The van der Waals surface area contributed by atoms with E-state index in [4.69, 9.17) is 8.83 Å². The summed E-state index contributed by atoms with van der Waals surface area (Å²) in [6.07, 6.45) is 35.3. The van der Waals surface area contributed by atoms with E-state index in [0.717, 1.165) is 40.9 Å². The van der Waals surface area contributed by atoms with Gasteiger partial charge in [0.1, 0.15) is 22.3 Å². The Hall–Kier alpha value is -9.38. The molecule has 0 saturated heterocycles. The van der Waals surface area contributed by atoms with Gasteiger partial charge in [-0.15, -0.1) is 0 Å². The fraction of sp³-hybridized carbons (Fsp3) is 0.377. The first-order valence-electron chi connectivity index (χ1n) is 43.4. The van der Waals surface area contributed by atoms with Crippen LogP contribution in [0.1, 0.15) is 280 Å². The summed E-state index contributed by atoms with van der Waals surface area (Å²) in [7, 11) is 0. The minimum Gasteiger partial charge on any atom is -0.456 e. The molecule has 11 aromatic carbocycles. The maximum Gasteiger partial charge on any atom is 0.144 e. The van der Waals surface area contributed by atoms with E-state index in [1.54, 1.807) is 16.7 Å². The fourth-order valence-corrected chi connectivity index (χ4v) is 22.1. The van der Waals surface area contributed by atoms with Gasteiger partial charge in [0, 0.05) is 82.3 Å². The van der Waals surface area contributed by atoms with Crippen LogP contribution in [0.2, 0.25) is 0 Å². The summed E-state index contributed by atoms with van der Waals surface area (Å²) < 4.78 is 16.8. The molecule has 0 aliphatic heterocycles. The quantitative estimate of drug-likeness (QED) is 0.0394. The molecule has 4 aliphatic rings. The standard InChI is InChI=1S/C106H114N2O2/c1-9-13-17-21-25-40-62-105(63-41-26-22-18-14-10-2)85-59-61-94-96(79-48-34-38-52-92(79)109-94)95(85)83-70-88-81(69-89(83)105)75-57-54-74(68-87(75)106(88,64-42-27-23-19-15-11-3)65-43-28-24-20-16-12-4)107(72-56-60-91-82(66-72)76-46-33-37-51-90(76)108(91)71-44-30-29-31-45-71)73-55-58-78-86(67-73)104(7,8)101-99(78)102-98(80-49-35-39-53-93(80)110-102)97-77-47-32-36-50-84(77)103(5,6)100(97)101/h29-39,44-61,66-70H,9-28,40-43,62-65H2,1-8H3. The number of rotatable bonds is 32. The minimum absolute atomic E-state index is 0.123. The molecule has 0 amide bonds. The number of nitrogens with zero attached hydrogens (tertiary/aromatic N) is 2. The Balaban J connectivity index is 0.871. The average molecular weight is 1450 g/mol. The average Bonchev–Trinajstić information content (AvgIpc) is 1.51. The zero-order valence-corrected chi connectivity index (χ0v) is 67.1. The molecule has 560 valence electrons. The van der Waals surface area contributed by atoms with Gasteiger partial charge in [0.2, 0.25) is 0 Å². The number of anilines is 3. The summed E-state index contributed by atoms with van der Waals surface area (Å²) in [6.45, 7) is 19.4. The third-order valence-corrected chi connectivity index (χ3v) is 27.5. The maximum atomic E-state index is 7.31. The molecule has 0 radical (unpaired) electrons. The van der Waals surface area contributed by atoms with Gasteiger partial charge in [-0.25, -0.2) is 0 Å². The number of para-hydroxylation sites is 4. The van der Waals surface area contributed by atoms with Crippen molar-refractivity contribution in [3.8, 4) is 50.2 Å². The lowest BCUT2D eigenvalue weighted by Gasteiger charge is -2.35. The maximum absolute atomic E-state index is 7.31. The molecule has 14 aromatic rings. The monoisotopic (exact) mass is 1450 g/mol. The van der Waals surface area contributed by atoms with Gasteiger partial charge in [-0.3, -0.25) is 0 Å². The van der Waals surface area contributed by atoms with Crippen molar-refractivity contribution in [1.29, 1.82) is 0 Å². The smallest absolute Gasteiger partial charge is 0.144 e. The number of fused-ring (bicyclic) bond motifs is 25. The zero-order chi connectivity index (χ0) is 74.9. The van der Waals surface area contributed by atoms with Crippen LogP contribution in [0, 0.1) is 0 Å². The minimum atomic E-state index is -0.397. The van der Waals surface area contributed by atoms with E-state index < -0.39 is 5.41 Å². The van der Waals surface area contributed by atoms with Gasteiger partial charge in [-0.05, 0) is 200 Å². The number of hydrogen-bond donors (Lipinski definition) is 0. The highest BCUT2D eigenvalue weighted by Gasteiger charge is 2.51. The molecule has 0 atom stereocenters. The molecule has 4 heteroatoms. The van der Waals surface area contributed by atoms with Gasteiger partial charge in [-0.1, -0.05) is 325 Å². The van der Waals surface area contributed by atoms with Crippen molar-refractivity contribution in [2.75, 3.05) is 4.90 Å². The van der Waals surface area contributed by atoms with Crippen molar-refractivity contribution in [3.63, 3.8) is 0 Å². The second-order valence-corrected chi connectivity index (χ2v) is 34.9. The van der Waals surface area contributed by atoms with Crippen LogP contribution >= 0.6 is 0 Å². The van der Waals surface area contributed by atoms with Crippen LogP contribution in [0.3, 0.4) is 0 Å². The molecule has 0 bridgehead atoms. The van der Waals surface area contributed by atoms with Gasteiger partial charge in [-0.2, -0.15) is 0 Å². The molecular formula is C106H114N2O2. The lowest BCUT2D eigenvalue weighted by Crippen LogP contribution is -2.27. The van der Waals surface area contributed by atoms with E-state index in [1.165, 1.54) is 300 Å². The van der Waals surface area contributed by atoms with Gasteiger partial charge >= 0.3 is 0 Å². The summed E-state index contributed by atoms with van der Waals surface area (Å²) >= 11 is 0. The number of hydrogen-bond acceptors (Lipinski definition) is 3. The van der Waals surface area contributed by atoms with Crippen LogP contribution in [-0.4, -0.2) is 4.57 Å². The normalized spacial score (nSPS) is 14.9. The van der Waals surface area contributed by atoms with E-state index in [2.05, 4.69) is 271 Å². The van der Waals surface area contributed by atoms with Crippen molar-refractivity contribution in [1.82, 2.24) is 4.57 Å². The van der Waals surface area contributed by atoms with Gasteiger partial charge in [0.05, 0.1) is 11.0 Å². The van der Waals surface area contributed by atoms with Crippen LogP contribution in [0.4, 0.5) is 17.1 Å². The highest BCUT2D eigenvalue weighted by atomic mass is 16.3. The molecule has 3 heterocycles. The Bertz CT molecular complexity index is 5750. The summed E-state index contributed by atoms with van der Waals surface area (Å²) in [4.78, 5) is 2.68. The highest BCUT2D eigenvalue weighted by molar-refractivity contribution is 6.21. The Kier molecular flexibility index (Phi) is 19.5. The predicted octanol–water partition coefficient (Wildman–Crippen LogP) is 32.2. The number of furan rings is 2. The zero-order valence-electron chi connectivity index (χ0n) is 67.1. The lowest BCUT2D eigenvalue weighted by molar-refractivity contribution is 0.394. The molecule has 18 rings (SSSR count). The molecule has 0 N–H and O–H groups in total. The Morgan fingerprint density at radius 2 is 0.745 bits per heavy atom. The number of benzene rings is 11. The summed E-state index contributed by atoms with van der Waals surface area (Å²) in [5.74, 6) is 0. The molecule has 0 saturated carbocycles. The summed E-state index contributed by atoms with van der Waals surface area (Å²) in [6, 6.07) is 80.6. The van der Waals surface area contributed by atoms with Gasteiger partial charge in [0.25, 0.3) is 0 Å². The summed E-state index contributed by atoms with van der Waals surface area (Å²) in [5, 5.41) is 7.51. The molecular weight excluding hydrogens is 1330 g/mol. The molecule has 4 aliphatic carbocycles. The van der Waals surface area contributed by atoms with E-state index in [9.17, 15) is 0 Å². The van der Waals surface area contributed by atoms with Crippen LogP contribution in [-0.2, 0) is 21.7 Å². The van der Waals surface area contributed by atoms with Gasteiger partial charge in [0.15, 0.2) is 0 Å². The molecule has 4 nitrogen and oxygen atoms in total. The van der Waals surface area contributed by atoms with E-state index in [1.807, 2.05) is 0 Å². The van der Waals surface area contributed by atoms with Crippen molar-refractivity contribution < 1.29 is 8.83 Å². The fourth-order valence-electron chi connectivity index (χ4n) is 22.1. The summed E-state index contributed by atoms with van der Waals surface area (Å²) in [5.41, 5.74) is 33.0. The van der Waals surface area contributed by atoms with Crippen LogP contribution in [0.5, 0.6) is 0 Å². The molecule has 0 unspecified atom stereocenters. The highest BCUT2D eigenvalue weighted by Crippen LogP contribution is 2.66. The molecule has 0 fully saturated rings. The van der Waals surface area contributed by atoms with Crippen molar-refractivity contribution in [2.45, 2.75) is 257 Å². The largest absolute Gasteiger partial charge is 0.456 e. The van der Waals surface area contributed by atoms with Crippen LogP contribution < -0.4 is 4.90 Å². The molecule has 3 aromatic heterocycles. The first kappa shape index (κ1) is 72.2. The van der Waals surface area contributed by atoms with Crippen molar-refractivity contribution >= 4 is 82.7 Å². The first-order chi connectivity index (χ1) is 53.9. The number of aromatic nitrogens is 1. The van der Waals surface area contributed by atoms with Crippen molar-refractivity contribution in [2.24, 2.45) is 0 Å². The van der Waals surface area contributed by atoms with E-state index >= 15 is 0 Å². The predicted molar refractivity (Wildman–Crippen MR) is 470 cm³/mol. The Morgan fingerprint density at radius 3 is 1.39 bits per heavy atom. The third-order valence-electron chi connectivity index (χ3n) is 27.5. The van der Waals surface area contributed by atoms with E-state index in [0.29, 0.717) is 0 Å². The van der Waals surface area contributed by atoms with E-state index in [-0.39, 0.29) is 16.2 Å². The second-order valence-electron chi connectivity index (χ2n) is 34.9. The SMILES string of the molecule is CCCCCCCCC1(CCCCCCCC)c2cc(N(c3ccc4c(c3)C(C)(C)c3c5c(c6c(oc7ccccc76)c3-4)-c3ccccc3C5(C)C)c3ccc4c(c3)c3ccccc3n4-c3ccccc3)ccc2-c2cc3c(cc21)-c1c(ccc2oc4ccccc4c12)C3(CCCCCCCC)CCCCCCCC. The Labute approximate surface area is 654 Å². The van der Waals surface area contributed by atoms with Gasteiger partial charge < -0.3 is 18.3 Å². The Morgan fingerprint density at radius 1 is 0.291 bits per heavy atom. The number of unbranched alkanes of at least 4 members (excludes halogenated alkanes) is 20. The van der Waals surface area contributed by atoms with Crippen LogP contribution in [0.15, 0.2) is 215 Å². The molecule has 0 spiro atoms. The third kappa shape index (κ3) is 11.8. The second kappa shape index (κ2) is 29.7. The molecule has 110 heavy (non-hydrogen) atoms. The van der Waals surface area contributed by atoms with Crippen molar-refractivity contribution in [3.05, 3.63) is 251 Å². The first-order valence-corrected chi connectivity index (χ1v) is 43.4. The van der Waals surface area contributed by atoms with Crippen LogP contribution in [0.25, 0.3) is 116 Å². The topological polar surface area (TPSA) is 34.5 Å². The lowest BCUT2D eigenvalue weighted by atomic mass is 9.68.